The van der Waals surface area contributed by atoms with Gasteiger partial charge in [0.25, 0.3) is 0 Å². The number of aliphatic hydroxyl groups is 1. The average Bonchev–Trinajstić information content (AvgIpc) is 3.13. The third kappa shape index (κ3) is 7.24. The third-order valence-corrected chi connectivity index (χ3v) is 4.49. The van der Waals surface area contributed by atoms with Crippen molar-refractivity contribution in [3.63, 3.8) is 0 Å². The van der Waals surface area contributed by atoms with Gasteiger partial charge in [-0.25, -0.2) is 4.99 Å². The minimum absolute atomic E-state index is 0. The van der Waals surface area contributed by atoms with E-state index in [1.807, 2.05) is 39.0 Å². The van der Waals surface area contributed by atoms with Gasteiger partial charge >= 0.3 is 0 Å². The van der Waals surface area contributed by atoms with Crippen LogP contribution >= 0.6 is 35.6 Å². The first-order valence-electron chi connectivity index (χ1n) is 9.61. The summed E-state index contributed by atoms with van der Waals surface area (Å²) >= 11 is 6.33. The maximum absolute atomic E-state index is 10.7. The average molecular weight is 552 g/mol. The molecule has 0 amide bonds. The Morgan fingerprint density at radius 1 is 1.27 bits per heavy atom. The van der Waals surface area contributed by atoms with E-state index in [1.54, 1.807) is 20.1 Å². The Labute approximate surface area is 200 Å². The topological polar surface area (TPSA) is 88.3 Å². The number of nitrogens with zero attached hydrogens (tertiary/aromatic N) is 1. The van der Waals surface area contributed by atoms with Crippen LogP contribution in [0.5, 0.6) is 11.5 Å². The highest BCUT2D eigenvalue weighted by Gasteiger charge is 2.27. The number of benzene rings is 1. The molecule has 1 atom stereocenters. The van der Waals surface area contributed by atoms with Gasteiger partial charge in [0.15, 0.2) is 17.5 Å². The van der Waals surface area contributed by atoms with Gasteiger partial charge in [-0.1, -0.05) is 11.6 Å². The van der Waals surface area contributed by atoms with Crippen LogP contribution in [0.3, 0.4) is 0 Å². The van der Waals surface area contributed by atoms with Gasteiger partial charge in [0, 0.05) is 6.54 Å². The lowest BCUT2D eigenvalue weighted by molar-refractivity contribution is 0.0378. The van der Waals surface area contributed by atoms with Crippen molar-refractivity contribution in [1.29, 1.82) is 0 Å². The van der Waals surface area contributed by atoms with Gasteiger partial charge in [0.2, 0.25) is 0 Å². The molecule has 7 nitrogen and oxygen atoms in total. The molecule has 2 rings (SSSR count). The van der Waals surface area contributed by atoms with Crippen molar-refractivity contribution in [2.24, 2.45) is 4.99 Å². The molecular formula is C21H31ClIN3O4. The molecule has 0 radical (unpaired) electrons. The van der Waals surface area contributed by atoms with Crippen molar-refractivity contribution in [2.75, 3.05) is 26.8 Å². The zero-order valence-electron chi connectivity index (χ0n) is 18.0. The minimum Gasteiger partial charge on any atom is -0.493 e. The molecular weight excluding hydrogens is 521 g/mol. The Morgan fingerprint density at radius 3 is 2.57 bits per heavy atom. The van der Waals surface area contributed by atoms with Crippen molar-refractivity contribution < 1.29 is 19.0 Å². The molecule has 0 saturated heterocycles. The van der Waals surface area contributed by atoms with E-state index in [0.29, 0.717) is 47.9 Å². The number of aliphatic imine (C=N–C) groups is 1. The first-order valence-corrected chi connectivity index (χ1v) is 9.99. The first-order chi connectivity index (χ1) is 13.8. The van der Waals surface area contributed by atoms with Gasteiger partial charge in [-0.2, -0.15) is 0 Å². The summed E-state index contributed by atoms with van der Waals surface area (Å²) in [6, 6.07) is 7.26. The van der Waals surface area contributed by atoms with Crippen molar-refractivity contribution in [3.05, 3.63) is 46.4 Å². The summed E-state index contributed by atoms with van der Waals surface area (Å²) in [5, 5.41) is 17.5. The molecule has 0 aliphatic rings. The van der Waals surface area contributed by atoms with Crippen LogP contribution in [0.15, 0.2) is 33.7 Å². The summed E-state index contributed by atoms with van der Waals surface area (Å²) in [6.45, 7) is 9.19. The highest BCUT2D eigenvalue weighted by atomic mass is 127. The number of hydrogen-bond acceptors (Lipinski definition) is 5. The molecule has 1 aromatic heterocycles. The molecule has 0 bridgehead atoms. The van der Waals surface area contributed by atoms with Gasteiger partial charge in [-0.3, -0.25) is 0 Å². The molecule has 1 heterocycles. The second-order valence-corrected chi connectivity index (χ2v) is 7.18. The molecule has 0 aliphatic heterocycles. The number of methoxy groups -OCH3 is 1. The van der Waals surface area contributed by atoms with E-state index in [0.717, 1.165) is 11.3 Å². The van der Waals surface area contributed by atoms with Gasteiger partial charge in [0.05, 0.1) is 31.8 Å². The molecule has 2 aromatic rings. The van der Waals surface area contributed by atoms with Crippen LogP contribution < -0.4 is 20.1 Å². The number of halogens is 2. The van der Waals surface area contributed by atoms with E-state index in [2.05, 4.69) is 15.6 Å². The standard InChI is InChI=1S/C21H30ClN3O4.HI/c1-6-23-20(25-13-21(4,26)18-9-8-14(3)29-18)24-12-15-10-16(22)19(28-7-2)17(11-15)27-5;/h8-11,26H,6-7,12-13H2,1-5H3,(H2,23,24,25);1H. The molecule has 9 heteroatoms. The minimum atomic E-state index is -1.17. The molecule has 0 fully saturated rings. The molecule has 168 valence electrons. The lowest BCUT2D eigenvalue weighted by Gasteiger charge is -2.23. The number of rotatable bonds is 9. The number of guanidine groups is 1. The second kappa shape index (κ2) is 12.3. The smallest absolute Gasteiger partial charge is 0.191 e. The molecule has 0 aliphatic carbocycles. The molecule has 30 heavy (non-hydrogen) atoms. The van der Waals surface area contributed by atoms with Crippen LogP contribution in [0.2, 0.25) is 5.02 Å². The van der Waals surface area contributed by atoms with E-state index in [-0.39, 0.29) is 30.5 Å². The fourth-order valence-corrected chi connectivity index (χ4v) is 3.02. The number of hydrogen-bond donors (Lipinski definition) is 3. The van der Waals surface area contributed by atoms with Crippen LogP contribution in [0.1, 0.15) is 37.9 Å². The van der Waals surface area contributed by atoms with E-state index >= 15 is 0 Å². The highest BCUT2D eigenvalue weighted by Crippen LogP contribution is 2.36. The fourth-order valence-electron chi connectivity index (χ4n) is 2.73. The zero-order chi connectivity index (χ0) is 21.4. The maximum atomic E-state index is 10.7. The zero-order valence-corrected chi connectivity index (χ0v) is 21.1. The van der Waals surface area contributed by atoms with Crippen LogP contribution in [0, 0.1) is 6.92 Å². The van der Waals surface area contributed by atoms with Crippen molar-refractivity contribution >= 4 is 41.5 Å². The van der Waals surface area contributed by atoms with Gasteiger partial charge < -0.3 is 29.6 Å². The fraction of sp³-hybridized carbons (Fsp3) is 0.476. The summed E-state index contributed by atoms with van der Waals surface area (Å²) in [5.74, 6) is 2.92. The van der Waals surface area contributed by atoms with Crippen molar-refractivity contribution in [3.8, 4) is 11.5 Å². The molecule has 3 N–H and O–H groups in total. The van der Waals surface area contributed by atoms with E-state index in [1.165, 1.54) is 0 Å². The highest BCUT2D eigenvalue weighted by molar-refractivity contribution is 14.0. The van der Waals surface area contributed by atoms with Crippen LogP contribution in [-0.2, 0) is 12.1 Å². The molecule has 0 saturated carbocycles. The number of furan rings is 1. The Kier molecular flexibility index (Phi) is 10.8. The monoisotopic (exact) mass is 551 g/mol. The van der Waals surface area contributed by atoms with E-state index in [9.17, 15) is 5.11 Å². The molecule has 1 unspecified atom stereocenters. The van der Waals surface area contributed by atoms with Crippen LogP contribution in [-0.4, -0.2) is 37.9 Å². The number of nitrogens with one attached hydrogen (secondary N) is 2. The Morgan fingerprint density at radius 2 is 2.00 bits per heavy atom. The predicted octanol–water partition coefficient (Wildman–Crippen LogP) is 4.23. The van der Waals surface area contributed by atoms with Crippen molar-refractivity contribution in [2.45, 2.75) is 39.8 Å². The number of aryl methyl sites for hydroxylation is 1. The Balaban J connectivity index is 0.00000450. The van der Waals surface area contributed by atoms with E-state index in [4.69, 9.17) is 25.5 Å². The normalized spacial score (nSPS) is 13.2. The number of ether oxygens (including phenoxy) is 2. The van der Waals surface area contributed by atoms with Crippen LogP contribution in [0.25, 0.3) is 0 Å². The first kappa shape index (κ1) is 26.4. The second-order valence-electron chi connectivity index (χ2n) is 6.77. The third-order valence-electron chi connectivity index (χ3n) is 4.21. The Bertz CT molecular complexity index is 840. The summed E-state index contributed by atoms with van der Waals surface area (Å²) < 4.78 is 16.5. The molecule has 0 spiro atoms. The molecule has 1 aromatic carbocycles. The van der Waals surface area contributed by atoms with Gasteiger partial charge in [-0.15, -0.1) is 24.0 Å². The summed E-state index contributed by atoms with van der Waals surface area (Å²) in [5.41, 5.74) is -0.295. The lowest BCUT2D eigenvalue weighted by Crippen LogP contribution is -2.44. The maximum Gasteiger partial charge on any atom is 0.191 e. The largest absolute Gasteiger partial charge is 0.493 e. The summed E-state index contributed by atoms with van der Waals surface area (Å²) in [4.78, 5) is 4.58. The Hall–Kier alpha value is -1.65. The summed E-state index contributed by atoms with van der Waals surface area (Å²) in [6.07, 6.45) is 0. The SMILES string of the molecule is CCNC(=NCc1cc(Cl)c(OCC)c(OC)c1)NCC(C)(O)c1ccc(C)o1.I. The predicted molar refractivity (Wildman–Crippen MR) is 130 cm³/mol. The van der Waals surface area contributed by atoms with E-state index < -0.39 is 5.60 Å². The summed E-state index contributed by atoms with van der Waals surface area (Å²) in [7, 11) is 1.57. The van der Waals surface area contributed by atoms with Gasteiger partial charge in [0.1, 0.15) is 17.1 Å². The van der Waals surface area contributed by atoms with Gasteiger partial charge in [-0.05, 0) is 57.5 Å². The quantitative estimate of drug-likeness (QED) is 0.246. The van der Waals surface area contributed by atoms with Crippen molar-refractivity contribution in [1.82, 2.24) is 10.6 Å². The van der Waals surface area contributed by atoms with Crippen LogP contribution in [0.4, 0.5) is 0 Å². The lowest BCUT2D eigenvalue weighted by atomic mass is 10.0.